The Morgan fingerprint density at radius 1 is 0.353 bits per heavy atom. The summed E-state index contributed by atoms with van der Waals surface area (Å²) in [5, 5.41) is 0. The fourth-order valence-corrected chi connectivity index (χ4v) is 11.8. The molecule has 0 aliphatic heterocycles. The van der Waals surface area contributed by atoms with Gasteiger partial charge in [0.05, 0.1) is 11.4 Å². The Hall–Kier alpha value is -5.86. The summed E-state index contributed by atoms with van der Waals surface area (Å²) >= 11 is 0. The Morgan fingerprint density at radius 3 is 1.21 bits per heavy atom. The van der Waals surface area contributed by atoms with Crippen LogP contribution >= 0.6 is 0 Å². The lowest BCUT2D eigenvalue weighted by molar-refractivity contribution is 0.506. The van der Waals surface area contributed by atoms with Crippen LogP contribution in [0.25, 0.3) is 11.1 Å². The summed E-state index contributed by atoms with van der Waals surface area (Å²) in [6, 6.07) is 50.3. The molecule has 2 nitrogen and oxygen atoms in total. The molecule has 0 aromatic heterocycles. The molecule has 1 aliphatic carbocycles. The van der Waals surface area contributed by atoms with E-state index in [1.54, 1.807) is 0 Å². The lowest BCUT2D eigenvalue weighted by Crippen LogP contribution is -2.28. The molecule has 68 heavy (non-hydrogen) atoms. The normalized spacial score (nSPS) is 12.6. The maximum absolute atomic E-state index is 2.63. The van der Waals surface area contributed by atoms with Crippen molar-refractivity contribution in [3.63, 3.8) is 0 Å². The molecule has 0 radical (unpaired) electrons. The maximum Gasteiger partial charge on any atom is 0.0520 e. The number of anilines is 6. The monoisotopic (exact) mass is 899 g/mol. The second-order valence-electron chi connectivity index (χ2n) is 20.7. The highest BCUT2D eigenvalue weighted by molar-refractivity contribution is 5.91. The fraction of sp³-hybridized carbons (Fsp3) is 0.364. The largest absolute Gasteiger partial charge is 0.310 e. The quantitative estimate of drug-likeness (QED) is 0.0746. The van der Waals surface area contributed by atoms with E-state index in [0.29, 0.717) is 0 Å². The first kappa shape index (κ1) is 48.6. The van der Waals surface area contributed by atoms with Crippen LogP contribution in [0.2, 0.25) is 0 Å². The average molecular weight is 899 g/mol. The van der Waals surface area contributed by atoms with E-state index in [-0.39, 0.29) is 5.41 Å². The summed E-state index contributed by atoms with van der Waals surface area (Å²) in [5.41, 5.74) is 27.1. The van der Waals surface area contributed by atoms with E-state index < -0.39 is 0 Å². The van der Waals surface area contributed by atoms with E-state index in [1.807, 2.05) is 0 Å². The highest BCUT2D eigenvalue weighted by atomic mass is 15.2. The number of aryl methyl sites for hydroxylation is 10. The molecule has 352 valence electrons. The minimum atomic E-state index is -0.377. The third kappa shape index (κ3) is 9.99. The van der Waals surface area contributed by atoms with E-state index in [4.69, 9.17) is 0 Å². The van der Waals surface area contributed by atoms with Crippen molar-refractivity contribution in [2.75, 3.05) is 9.80 Å². The van der Waals surface area contributed by atoms with Gasteiger partial charge in [-0.15, -0.1) is 0 Å². The summed E-state index contributed by atoms with van der Waals surface area (Å²) in [6.07, 6.45) is 14.7. The first-order valence-corrected chi connectivity index (χ1v) is 26.1. The van der Waals surface area contributed by atoms with Gasteiger partial charge in [0.1, 0.15) is 0 Å². The van der Waals surface area contributed by atoms with Crippen molar-refractivity contribution < 1.29 is 0 Å². The van der Waals surface area contributed by atoms with Crippen LogP contribution in [-0.2, 0) is 11.8 Å². The molecule has 0 spiro atoms. The van der Waals surface area contributed by atoms with Crippen molar-refractivity contribution in [1.29, 1.82) is 0 Å². The van der Waals surface area contributed by atoms with E-state index in [9.17, 15) is 0 Å². The van der Waals surface area contributed by atoms with Crippen LogP contribution in [0.15, 0.2) is 127 Å². The van der Waals surface area contributed by atoms with Gasteiger partial charge >= 0.3 is 0 Å². The average Bonchev–Trinajstić information content (AvgIpc) is 3.58. The minimum absolute atomic E-state index is 0.377. The van der Waals surface area contributed by atoms with Gasteiger partial charge in [0.2, 0.25) is 0 Å². The van der Waals surface area contributed by atoms with Gasteiger partial charge in [-0.1, -0.05) is 178 Å². The third-order valence-corrected chi connectivity index (χ3v) is 14.9. The van der Waals surface area contributed by atoms with Crippen LogP contribution in [0, 0.1) is 62.3 Å². The van der Waals surface area contributed by atoms with Gasteiger partial charge in [0, 0.05) is 28.2 Å². The van der Waals surface area contributed by atoms with Crippen molar-refractivity contribution in [3.8, 4) is 11.1 Å². The summed E-state index contributed by atoms with van der Waals surface area (Å²) in [5.74, 6) is 0. The SMILES string of the molecule is CCCCCCCCC1(c2cc(C)cc(CCCCCC)c2)c2cc(N(c3ccc(C)cc3)c3c(C)cc(C)cc3C)ccc2-c2ccc(N(c3ccc(C)cc3)c3c(C)cc(C)cc3C)cc21. The van der Waals surface area contributed by atoms with Gasteiger partial charge in [-0.2, -0.15) is 0 Å². The van der Waals surface area contributed by atoms with E-state index in [2.05, 4.69) is 213 Å². The van der Waals surface area contributed by atoms with Gasteiger partial charge in [0.25, 0.3) is 0 Å². The zero-order valence-electron chi connectivity index (χ0n) is 43.5. The minimum Gasteiger partial charge on any atom is -0.310 e. The molecule has 0 fully saturated rings. The molecule has 0 N–H and O–H groups in total. The number of fused-ring (bicyclic) bond motifs is 3. The standard InChI is InChI=1S/C66H78N2/c1-12-14-16-18-19-21-35-66(55-41-49(7)40-54(42-55)22-20-17-15-13-2)62-43-58(67(56-27-23-45(3)24-28-56)64-50(8)36-47(5)37-51(64)9)31-33-60(62)61-34-32-59(44-63(61)66)68(57-29-25-46(4)26-30-57)65-52(10)38-48(6)39-53(65)11/h23-34,36-44H,12-22,35H2,1-11H3. The number of unbranched alkanes of at least 4 members (excludes halogenated alkanes) is 8. The summed E-state index contributed by atoms with van der Waals surface area (Å²) in [6.45, 7) is 25.0. The highest BCUT2D eigenvalue weighted by Crippen LogP contribution is 2.58. The Balaban J connectivity index is 1.42. The number of rotatable bonds is 19. The third-order valence-electron chi connectivity index (χ3n) is 14.9. The van der Waals surface area contributed by atoms with Crippen LogP contribution in [-0.4, -0.2) is 0 Å². The summed E-state index contributed by atoms with van der Waals surface area (Å²) in [4.78, 5) is 5.09. The topological polar surface area (TPSA) is 6.48 Å². The van der Waals surface area contributed by atoms with Crippen LogP contribution in [0.1, 0.15) is 157 Å². The first-order chi connectivity index (χ1) is 32.8. The lowest BCUT2D eigenvalue weighted by Gasteiger charge is -2.36. The molecule has 0 bridgehead atoms. The highest BCUT2D eigenvalue weighted by Gasteiger charge is 2.45. The van der Waals surface area contributed by atoms with Crippen LogP contribution in [0.4, 0.5) is 34.1 Å². The molecular weight excluding hydrogens is 821 g/mol. The van der Waals surface area contributed by atoms with E-state index in [1.165, 1.54) is 175 Å². The molecule has 7 aromatic carbocycles. The molecule has 0 saturated heterocycles. The van der Waals surface area contributed by atoms with Crippen LogP contribution in [0.5, 0.6) is 0 Å². The van der Waals surface area contributed by atoms with Crippen LogP contribution < -0.4 is 9.80 Å². The molecule has 1 aliphatic rings. The van der Waals surface area contributed by atoms with Crippen molar-refractivity contribution in [2.45, 2.75) is 159 Å². The van der Waals surface area contributed by atoms with Crippen molar-refractivity contribution in [2.24, 2.45) is 0 Å². The molecule has 0 unspecified atom stereocenters. The fourth-order valence-electron chi connectivity index (χ4n) is 11.8. The van der Waals surface area contributed by atoms with Gasteiger partial charge < -0.3 is 9.80 Å². The number of hydrogen-bond acceptors (Lipinski definition) is 2. The number of hydrogen-bond donors (Lipinski definition) is 0. The predicted octanol–water partition coefficient (Wildman–Crippen LogP) is 19.6. The van der Waals surface area contributed by atoms with Gasteiger partial charge in [0.15, 0.2) is 0 Å². The van der Waals surface area contributed by atoms with Gasteiger partial charge in [-0.25, -0.2) is 0 Å². The molecule has 8 rings (SSSR count). The van der Waals surface area contributed by atoms with Crippen LogP contribution in [0.3, 0.4) is 0 Å². The molecule has 7 aromatic rings. The number of nitrogens with zero attached hydrogens (tertiary/aromatic N) is 2. The molecule has 0 amide bonds. The zero-order chi connectivity index (χ0) is 48.1. The summed E-state index contributed by atoms with van der Waals surface area (Å²) < 4.78 is 0. The predicted molar refractivity (Wildman–Crippen MR) is 296 cm³/mol. The van der Waals surface area contributed by atoms with Crippen molar-refractivity contribution in [3.05, 3.63) is 200 Å². The Bertz CT molecular complexity index is 2660. The molecule has 0 atom stereocenters. The molecular formula is C66H78N2. The molecule has 0 heterocycles. The summed E-state index contributed by atoms with van der Waals surface area (Å²) in [7, 11) is 0. The lowest BCUT2D eigenvalue weighted by atomic mass is 9.68. The maximum atomic E-state index is 2.63. The Morgan fingerprint density at radius 2 is 0.750 bits per heavy atom. The second kappa shape index (κ2) is 21.2. The zero-order valence-corrected chi connectivity index (χ0v) is 43.5. The molecule has 2 heteroatoms. The Labute approximate surface area is 411 Å². The number of benzene rings is 7. The van der Waals surface area contributed by atoms with Crippen molar-refractivity contribution >= 4 is 34.1 Å². The second-order valence-corrected chi connectivity index (χ2v) is 20.7. The molecule has 0 saturated carbocycles. The smallest absolute Gasteiger partial charge is 0.0520 e. The Kier molecular flexibility index (Phi) is 15.1. The van der Waals surface area contributed by atoms with Gasteiger partial charge in [-0.05, 0) is 186 Å². The van der Waals surface area contributed by atoms with E-state index >= 15 is 0 Å². The van der Waals surface area contributed by atoms with E-state index in [0.717, 1.165) is 19.3 Å². The van der Waals surface area contributed by atoms with Gasteiger partial charge in [-0.3, -0.25) is 0 Å². The first-order valence-electron chi connectivity index (χ1n) is 26.1. The van der Waals surface area contributed by atoms with Crippen molar-refractivity contribution in [1.82, 2.24) is 0 Å².